The fourth-order valence-corrected chi connectivity index (χ4v) is 4.71. The zero-order valence-electron chi connectivity index (χ0n) is 18.4. The Bertz CT molecular complexity index is 881. The van der Waals surface area contributed by atoms with E-state index in [2.05, 4.69) is 42.3 Å². The largest absolute Gasteiger partial charge is 0.379 e. The van der Waals surface area contributed by atoms with Crippen LogP contribution in [0.5, 0.6) is 0 Å². The number of nitrogens with one attached hydrogen (secondary N) is 2. The Morgan fingerprint density at radius 3 is 2.81 bits per heavy atom. The molecule has 2 aromatic heterocycles. The van der Waals surface area contributed by atoms with Crippen molar-refractivity contribution in [1.29, 1.82) is 0 Å². The fourth-order valence-electron chi connectivity index (χ4n) is 3.81. The highest BCUT2D eigenvalue weighted by atomic mass is 32.2. The molecule has 0 aliphatic carbocycles. The summed E-state index contributed by atoms with van der Waals surface area (Å²) < 4.78 is 5.40. The first-order chi connectivity index (χ1) is 15.7. The second kappa shape index (κ2) is 11.7. The summed E-state index contributed by atoms with van der Waals surface area (Å²) in [6.07, 6.45) is 5.88. The van der Waals surface area contributed by atoms with E-state index in [4.69, 9.17) is 21.9 Å². The lowest BCUT2D eigenvalue weighted by Crippen LogP contribution is -2.42. The Balaban J connectivity index is 1.42. The summed E-state index contributed by atoms with van der Waals surface area (Å²) in [6, 6.07) is 3.82. The van der Waals surface area contributed by atoms with E-state index in [0.29, 0.717) is 22.1 Å². The van der Waals surface area contributed by atoms with Gasteiger partial charge in [-0.05, 0) is 48.8 Å². The van der Waals surface area contributed by atoms with E-state index in [-0.39, 0.29) is 0 Å². The molecule has 2 fully saturated rings. The van der Waals surface area contributed by atoms with Gasteiger partial charge >= 0.3 is 0 Å². The van der Waals surface area contributed by atoms with E-state index in [1.54, 1.807) is 18.5 Å². The number of aromatic nitrogens is 4. The highest BCUT2D eigenvalue weighted by Gasteiger charge is 2.20. The first-order valence-corrected chi connectivity index (χ1v) is 12.3. The third kappa shape index (κ3) is 6.96. The molecule has 2 N–H and O–H groups in total. The summed E-state index contributed by atoms with van der Waals surface area (Å²) in [5.74, 6) is 2.04. The number of piperidine rings is 1. The smallest absolute Gasteiger partial charge is 0.232 e. The lowest BCUT2D eigenvalue weighted by Gasteiger charge is -2.32. The van der Waals surface area contributed by atoms with Gasteiger partial charge in [-0.3, -0.25) is 4.90 Å². The van der Waals surface area contributed by atoms with Gasteiger partial charge in [0.05, 0.1) is 13.2 Å². The molecule has 0 spiro atoms. The summed E-state index contributed by atoms with van der Waals surface area (Å²) >= 11 is 6.93. The Kier molecular flexibility index (Phi) is 8.43. The summed E-state index contributed by atoms with van der Waals surface area (Å²) in [6.45, 7) is 9.47. The van der Waals surface area contributed by atoms with Gasteiger partial charge in [0.15, 0.2) is 10.3 Å². The van der Waals surface area contributed by atoms with Crippen LogP contribution in [-0.2, 0) is 4.74 Å². The molecule has 11 heteroatoms. The van der Waals surface area contributed by atoms with E-state index in [1.807, 2.05) is 6.07 Å². The number of ether oxygens (including phenoxy) is 1. The minimum absolute atomic E-state index is 0.489. The molecule has 0 aromatic carbocycles. The Morgan fingerprint density at radius 2 is 2.03 bits per heavy atom. The molecule has 2 aromatic rings. The molecule has 0 radical (unpaired) electrons. The van der Waals surface area contributed by atoms with Gasteiger partial charge in [-0.2, -0.15) is 4.98 Å². The maximum atomic E-state index is 5.50. The van der Waals surface area contributed by atoms with Crippen LogP contribution in [0.3, 0.4) is 0 Å². The maximum Gasteiger partial charge on any atom is 0.232 e. The van der Waals surface area contributed by atoms with Gasteiger partial charge in [-0.15, -0.1) is 0 Å². The maximum absolute atomic E-state index is 5.50. The quantitative estimate of drug-likeness (QED) is 0.352. The fraction of sp³-hybridized carbons (Fsp3) is 0.571. The van der Waals surface area contributed by atoms with Crippen molar-refractivity contribution in [2.24, 2.45) is 5.92 Å². The van der Waals surface area contributed by atoms with Crippen LogP contribution in [0.15, 0.2) is 34.7 Å². The van der Waals surface area contributed by atoms with Gasteiger partial charge in [0, 0.05) is 57.7 Å². The number of hydrogen-bond donors (Lipinski definition) is 2. The van der Waals surface area contributed by atoms with Crippen molar-refractivity contribution in [1.82, 2.24) is 30.2 Å². The molecular formula is C21H30N8OS2. The van der Waals surface area contributed by atoms with Crippen molar-refractivity contribution >= 4 is 40.9 Å². The average Bonchev–Trinajstić information content (AvgIpc) is 2.80. The normalized spacial score (nSPS) is 19.5. The molecule has 9 nitrogen and oxygen atoms in total. The van der Waals surface area contributed by atoms with Crippen molar-refractivity contribution in [3.05, 3.63) is 24.5 Å². The Morgan fingerprint density at radius 1 is 1.22 bits per heavy atom. The molecular weight excluding hydrogens is 444 g/mol. The van der Waals surface area contributed by atoms with Gasteiger partial charge in [-0.25, -0.2) is 15.0 Å². The van der Waals surface area contributed by atoms with Crippen molar-refractivity contribution in [2.75, 3.05) is 62.7 Å². The average molecular weight is 475 g/mol. The van der Waals surface area contributed by atoms with Crippen molar-refractivity contribution in [3.8, 4) is 0 Å². The zero-order chi connectivity index (χ0) is 22.2. The monoisotopic (exact) mass is 474 g/mol. The Hall–Kier alpha value is -2.08. The topological polar surface area (TPSA) is 91.3 Å². The van der Waals surface area contributed by atoms with E-state index >= 15 is 0 Å². The molecule has 2 aliphatic rings. The van der Waals surface area contributed by atoms with E-state index in [0.717, 1.165) is 63.3 Å². The first kappa shape index (κ1) is 23.1. The minimum atomic E-state index is 0.489. The molecule has 0 bridgehead atoms. The summed E-state index contributed by atoms with van der Waals surface area (Å²) in [7, 11) is 0. The minimum Gasteiger partial charge on any atom is -0.379 e. The number of rotatable bonds is 7. The standard InChI is InChI=1S/C21H30N8OS2/c1-16-4-2-8-29(15-16)17-14-18(32-21-23-5-3-6-24-21)26-19(25-17)27-20(31)22-7-9-28-10-12-30-13-11-28/h3,5-6,14,16H,2,4,7-13,15H2,1H3,(H2,22,25,26,27,31). The van der Waals surface area contributed by atoms with Crippen LogP contribution in [0.4, 0.5) is 11.8 Å². The van der Waals surface area contributed by atoms with Gasteiger partial charge in [0.25, 0.3) is 0 Å². The number of anilines is 2. The molecule has 2 aliphatic heterocycles. The summed E-state index contributed by atoms with van der Waals surface area (Å²) in [5.41, 5.74) is 0. The second-order valence-corrected chi connectivity index (χ2v) is 9.45. The van der Waals surface area contributed by atoms with Crippen LogP contribution < -0.4 is 15.5 Å². The van der Waals surface area contributed by atoms with E-state index in [9.17, 15) is 0 Å². The molecule has 2 saturated heterocycles. The predicted octanol–water partition coefficient (Wildman–Crippen LogP) is 2.27. The number of morpholine rings is 1. The molecule has 0 saturated carbocycles. The molecule has 0 amide bonds. The lowest BCUT2D eigenvalue weighted by atomic mass is 10.0. The van der Waals surface area contributed by atoms with Gasteiger partial charge < -0.3 is 20.3 Å². The van der Waals surface area contributed by atoms with E-state index in [1.165, 1.54) is 24.6 Å². The van der Waals surface area contributed by atoms with Crippen molar-refractivity contribution in [2.45, 2.75) is 29.9 Å². The first-order valence-electron chi connectivity index (χ1n) is 11.1. The summed E-state index contributed by atoms with van der Waals surface area (Å²) in [5, 5.41) is 8.40. The van der Waals surface area contributed by atoms with Crippen LogP contribution in [0.25, 0.3) is 0 Å². The zero-order valence-corrected chi connectivity index (χ0v) is 20.0. The molecule has 1 unspecified atom stereocenters. The number of nitrogens with zero attached hydrogens (tertiary/aromatic N) is 6. The van der Waals surface area contributed by atoms with Crippen LogP contribution >= 0.6 is 24.0 Å². The van der Waals surface area contributed by atoms with Gasteiger partial charge in [-0.1, -0.05) is 6.92 Å². The van der Waals surface area contributed by atoms with Gasteiger partial charge in [0.2, 0.25) is 5.95 Å². The van der Waals surface area contributed by atoms with Crippen molar-refractivity contribution in [3.63, 3.8) is 0 Å². The molecule has 4 heterocycles. The SMILES string of the molecule is CC1CCCN(c2cc(Sc3ncccn3)nc(NC(=S)NCCN3CCOCC3)n2)C1. The highest BCUT2D eigenvalue weighted by molar-refractivity contribution is 7.99. The summed E-state index contributed by atoms with van der Waals surface area (Å²) in [4.78, 5) is 22.7. The molecule has 4 rings (SSSR count). The van der Waals surface area contributed by atoms with Gasteiger partial charge in [0.1, 0.15) is 10.8 Å². The highest BCUT2D eigenvalue weighted by Crippen LogP contribution is 2.29. The Labute approximate surface area is 198 Å². The third-order valence-electron chi connectivity index (χ3n) is 5.45. The lowest BCUT2D eigenvalue weighted by molar-refractivity contribution is 0.0389. The number of hydrogen-bond acceptors (Lipinski definition) is 9. The van der Waals surface area contributed by atoms with Crippen LogP contribution in [0.1, 0.15) is 19.8 Å². The molecule has 32 heavy (non-hydrogen) atoms. The van der Waals surface area contributed by atoms with Crippen LogP contribution in [-0.4, -0.2) is 82.4 Å². The molecule has 172 valence electrons. The van der Waals surface area contributed by atoms with E-state index < -0.39 is 0 Å². The van der Waals surface area contributed by atoms with Crippen molar-refractivity contribution < 1.29 is 4.74 Å². The second-order valence-electron chi connectivity index (χ2n) is 8.05. The van der Waals surface area contributed by atoms with Crippen LogP contribution in [0.2, 0.25) is 0 Å². The van der Waals surface area contributed by atoms with Crippen LogP contribution in [0, 0.1) is 5.92 Å². The molecule has 1 atom stereocenters. The third-order valence-corrected chi connectivity index (χ3v) is 6.51. The number of thiocarbonyl (C=S) groups is 1. The predicted molar refractivity (Wildman–Crippen MR) is 130 cm³/mol.